The molecule has 3 aromatic rings. The van der Waals surface area contributed by atoms with Crippen LogP contribution in [0.15, 0.2) is 78.3 Å². The number of aliphatic hydroxyl groups excluding tert-OH is 1. The number of para-hydroxylation sites is 1. The molecule has 0 fully saturated rings. The van der Waals surface area contributed by atoms with Crippen LogP contribution in [-0.4, -0.2) is 40.8 Å². The second kappa shape index (κ2) is 11.5. The van der Waals surface area contributed by atoms with E-state index in [0.29, 0.717) is 19.0 Å². The number of rotatable bonds is 7. The van der Waals surface area contributed by atoms with Crippen molar-refractivity contribution >= 4 is 29.9 Å². The van der Waals surface area contributed by atoms with Crippen molar-refractivity contribution in [1.82, 2.24) is 20.2 Å². The van der Waals surface area contributed by atoms with Crippen LogP contribution < -0.4 is 10.6 Å². The van der Waals surface area contributed by atoms with E-state index in [0.717, 1.165) is 16.8 Å². The summed E-state index contributed by atoms with van der Waals surface area (Å²) in [4.78, 5) is 8.41. The molecule has 0 aliphatic carbocycles. The first-order chi connectivity index (χ1) is 13.3. The van der Waals surface area contributed by atoms with E-state index in [9.17, 15) is 5.11 Å². The molecule has 6 nitrogen and oxygen atoms in total. The molecule has 3 rings (SSSR count). The highest BCUT2D eigenvalue weighted by Gasteiger charge is 2.11. The van der Waals surface area contributed by atoms with E-state index in [4.69, 9.17) is 0 Å². The van der Waals surface area contributed by atoms with Crippen LogP contribution in [0, 0.1) is 0 Å². The third-order valence-corrected chi connectivity index (χ3v) is 4.45. The van der Waals surface area contributed by atoms with Crippen LogP contribution in [-0.2, 0) is 6.54 Å². The van der Waals surface area contributed by atoms with Crippen molar-refractivity contribution in [1.29, 1.82) is 0 Å². The van der Waals surface area contributed by atoms with Gasteiger partial charge < -0.3 is 20.3 Å². The van der Waals surface area contributed by atoms with Gasteiger partial charge in [0.25, 0.3) is 0 Å². The summed E-state index contributed by atoms with van der Waals surface area (Å²) in [5, 5.41) is 16.4. The van der Waals surface area contributed by atoms with Gasteiger partial charge in [-0.05, 0) is 17.2 Å². The lowest BCUT2D eigenvalue weighted by molar-refractivity contribution is 0.265. The van der Waals surface area contributed by atoms with E-state index in [-0.39, 0.29) is 36.5 Å². The molecule has 1 atom stereocenters. The Balaban J connectivity index is 0.00000280. The molecule has 0 aliphatic rings. The maximum absolute atomic E-state index is 9.71. The van der Waals surface area contributed by atoms with Crippen molar-refractivity contribution in [3.63, 3.8) is 0 Å². The van der Waals surface area contributed by atoms with Crippen LogP contribution in [0.4, 0.5) is 0 Å². The summed E-state index contributed by atoms with van der Waals surface area (Å²) in [6, 6.07) is 18.2. The summed E-state index contributed by atoms with van der Waals surface area (Å²) < 4.78 is 1.99. The summed E-state index contributed by atoms with van der Waals surface area (Å²) in [6.07, 6.45) is 5.48. The van der Waals surface area contributed by atoms with Crippen molar-refractivity contribution in [2.45, 2.75) is 12.5 Å². The van der Waals surface area contributed by atoms with Crippen molar-refractivity contribution in [2.24, 2.45) is 4.99 Å². The molecule has 0 saturated heterocycles. The van der Waals surface area contributed by atoms with Crippen LogP contribution in [0.25, 0.3) is 5.69 Å². The lowest BCUT2D eigenvalue weighted by Crippen LogP contribution is -2.39. The van der Waals surface area contributed by atoms with E-state index in [1.807, 2.05) is 53.2 Å². The van der Waals surface area contributed by atoms with Gasteiger partial charge in [0.05, 0.1) is 18.6 Å². The Morgan fingerprint density at radius 1 is 1.11 bits per heavy atom. The highest BCUT2D eigenvalue weighted by atomic mass is 127. The first kappa shape index (κ1) is 21.9. The summed E-state index contributed by atoms with van der Waals surface area (Å²) >= 11 is 0. The number of aromatic nitrogens is 2. The summed E-state index contributed by atoms with van der Waals surface area (Å²) in [7, 11) is 1.74. The van der Waals surface area contributed by atoms with E-state index in [1.54, 1.807) is 19.6 Å². The maximum Gasteiger partial charge on any atom is 0.191 e. The minimum absolute atomic E-state index is 0. The molecule has 2 aromatic carbocycles. The largest absolute Gasteiger partial charge is 0.396 e. The zero-order valence-corrected chi connectivity index (χ0v) is 18.2. The fourth-order valence-electron chi connectivity index (χ4n) is 2.95. The number of aliphatic imine (C=N–C) groups is 1. The topological polar surface area (TPSA) is 74.5 Å². The molecule has 28 heavy (non-hydrogen) atoms. The van der Waals surface area contributed by atoms with Gasteiger partial charge in [0.15, 0.2) is 5.96 Å². The van der Waals surface area contributed by atoms with Gasteiger partial charge in [-0.25, -0.2) is 4.98 Å². The molecule has 1 unspecified atom stereocenters. The number of nitrogens with zero attached hydrogens (tertiary/aromatic N) is 3. The molecular formula is C21H26IN5O. The Kier molecular flexibility index (Phi) is 8.96. The van der Waals surface area contributed by atoms with Crippen LogP contribution in [0.5, 0.6) is 0 Å². The van der Waals surface area contributed by atoms with Gasteiger partial charge in [0.1, 0.15) is 0 Å². The summed E-state index contributed by atoms with van der Waals surface area (Å²) in [5.41, 5.74) is 3.32. The first-order valence-electron chi connectivity index (χ1n) is 8.98. The Bertz CT molecular complexity index is 852. The van der Waals surface area contributed by atoms with Crippen LogP contribution in [0.2, 0.25) is 0 Å². The van der Waals surface area contributed by atoms with E-state index >= 15 is 0 Å². The highest BCUT2D eigenvalue weighted by molar-refractivity contribution is 14.0. The average molecular weight is 491 g/mol. The van der Waals surface area contributed by atoms with Crippen LogP contribution in [0.3, 0.4) is 0 Å². The lowest BCUT2D eigenvalue weighted by atomic mass is 10.0. The fraction of sp³-hybridized carbons (Fsp3) is 0.238. The molecule has 0 saturated carbocycles. The molecule has 0 aliphatic heterocycles. The lowest BCUT2D eigenvalue weighted by Gasteiger charge is -2.18. The van der Waals surface area contributed by atoms with Gasteiger partial charge in [-0.1, -0.05) is 48.5 Å². The summed E-state index contributed by atoms with van der Waals surface area (Å²) in [6.45, 7) is 1.31. The summed E-state index contributed by atoms with van der Waals surface area (Å²) in [5.74, 6) is 0.716. The first-order valence-corrected chi connectivity index (χ1v) is 8.98. The second-order valence-corrected chi connectivity index (χ2v) is 6.20. The van der Waals surface area contributed by atoms with E-state index < -0.39 is 0 Å². The Labute approximate surface area is 182 Å². The fourth-order valence-corrected chi connectivity index (χ4v) is 2.95. The molecule has 0 spiro atoms. The van der Waals surface area contributed by atoms with Crippen molar-refractivity contribution in [3.8, 4) is 5.69 Å². The minimum atomic E-state index is 0. The third-order valence-electron chi connectivity index (χ3n) is 4.45. The highest BCUT2D eigenvalue weighted by Crippen LogP contribution is 2.15. The predicted molar refractivity (Wildman–Crippen MR) is 123 cm³/mol. The smallest absolute Gasteiger partial charge is 0.191 e. The number of halogens is 1. The Morgan fingerprint density at radius 2 is 1.86 bits per heavy atom. The van der Waals surface area contributed by atoms with Crippen LogP contribution in [0.1, 0.15) is 17.0 Å². The molecule has 0 radical (unpaired) electrons. The van der Waals surface area contributed by atoms with E-state index in [2.05, 4.69) is 32.7 Å². The van der Waals surface area contributed by atoms with Crippen molar-refractivity contribution in [3.05, 3.63) is 84.4 Å². The molecule has 1 heterocycles. The SMILES string of the molecule is CN=C(NCc1ccccc1-n1ccnc1)NCC(CO)c1ccccc1.I. The number of nitrogens with one attached hydrogen (secondary N) is 2. The molecule has 3 N–H and O–H groups in total. The van der Waals surface area contributed by atoms with Gasteiger partial charge in [0.2, 0.25) is 0 Å². The molecule has 0 bridgehead atoms. The van der Waals surface area contributed by atoms with Gasteiger partial charge in [0, 0.05) is 38.4 Å². The minimum Gasteiger partial charge on any atom is -0.396 e. The number of guanidine groups is 1. The Hall–Kier alpha value is -2.39. The number of imidazole rings is 1. The van der Waals surface area contributed by atoms with Crippen LogP contribution >= 0.6 is 24.0 Å². The maximum atomic E-state index is 9.71. The molecular weight excluding hydrogens is 465 g/mol. The van der Waals surface area contributed by atoms with Crippen molar-refractivity contribution < 1.29 is 5.11 Å². The van der Waals surface area contributed by atoms with E-state index in [1.165, 1.54) is 0 Å². The number of hydrogen-bond acceptors (Lipinski definition) is 3. The average Bonchev–Trinajstić information content (AvgIpc) is 3.26. The molecule has 148 valence electrons. The van der Waals surface area contributed by atoms with Gasteiger partial charge in [-0.15, -0.1) is 24.0 Å². The second-order valence-electron chi connectivity index (χ2n) is 6.20. The quantitative estimate of drug-likeness (QED) is 0.270. The standard InChI is InChI=1S/C21H25N5O.HI/c1-22-21(25-14-19(15-27)17-7-3-2-4-8-17)24-13-18-9-5-6-10-20(18)26-12-11-23-16-26;/h2-12,16,19,27H,13-15H2,1H3,(H2,22,24,25);1H. The third kappa shape index (κ3) is 5.80. The zero-order chi connectivity index (χ0) is 18.9. The van der Waals surface area contributed by atoms with Gasteiger partial charge >= 0.3 is 0 Å². The van der Waals surface area contributed by atoms with Crippen molar-refractivity contribution in [2.75, 3.05) is 20.2 Å². The monoisotopic (exact) mass is 491 g/mol. The van der Waals surface area contributed by atoms with Gasteiger partial charge in [-0.2, -0.15) is 0 Å². The normalized spacial score (nSPS) is 12.1. The van der Waals surface area contributed by atoms with Gasteiger partial charge in [-0.3, -0.25) is 4.99 Å². The number of aliphatic hydroxyl groups is 1. The molecule has 1 aromatic heterocycles. The number of benzene rings is 2. The molecule has 7 heteroatoms. The zero-order valence-electron chi connectivity index (χ0n) is 15.8. The Morgan fingerprint density at radius 3 is 2.54 bits per heavy atom. The number of hydrogen-bond donors (Lipinski definition) is 3. The predicted octanol–water partition coefficient (Wildman–Crippen LogP) is 2.93. The molecule has 0 amide bonds.